The molecule has 0 aromatic carbocycles. The molecular formula is C14H23N5O5. The van der Waals surface area contributed by atoms with Crippen LogP contribution in [0, 0.1) is 5.92 Å². The summed E-state index contributed by atoms with van der Waals surface area (Å²) in [5.41, 5.74) is 5.81. The third kappa shape index (κ3) is 4.29. The van der Waals surface area contributed by atoms with Crippen molar-refractivity contribution in [3.05, 3.63) is 16.7 Å². The Morgan fingerprint density at radius 3 is 2.67 bits per heavy atom. The molecule has 1 aliphatic heterocycles. The van der Waals surface area contributed by atoms with Crippen LogP contribution in [0.15, 0.2) is 11.1 Å². The molecule has 0 saturated carbocycles. The van der Waals surface area contributed by atoms with Gasteiger partial charge in [-0.3, -0.25) is 14.3 Å². The molecule has 3 atom stereocenters. The highest BCUT2D eigenvalue weighted by atomic mass is 16.5. The molecule has 3 rings (SSSR count). The van der Waals surface area contributed by atoms with E-state index in [0.29, 0.717) is 5.65 Å². The minimum Gasteiger partial charge on any atom is -0.394 e. The van der Waals surface area contributed by atoms with Crippen molar-refractivity contribution in [3.8, 4) is 0 Å². The van der Waals surface area contributed by atoms with Gasteiger partial charge in [-0.15, -0.1) is 0 Å². The second-order valence-corrected chi connectivity index (χ2v) is 6.31. The molecule has 134 valence electrons. The minimum absolute atomic E-state index is 0.0242. The van der Waals surface area contributed by atoms with Gasteiger partial charge in [-0.05, 0) is 20.3 Å². The molecule has 6 N–H and O–H groups in total. The fourth-order valence-electron chi connectivity index (χ4n) is 2.50. The molecule has 10 nitrogen and oxygen atoms in total. The quantitative estimate of drug-likeness (QED) is 0.449. The molecule has 1 saturated heterocycles. The Morgan fingerprint density at radius 2 is 2.12 bits per heavy atom. The first-order chi connectivity index (χ1) is 11.1. The van der Waals surface area contributed by atoms with Crippen LogP contribution in [0.3, 0.4) is 0 Å². The van der Waals surface area contributed by atoms with Gasteiger partial charge < -0.3 is 25.8 Å². The number of anilines is 1. The number of hydrogen-bond acceptors (Lipinski definition) is 8. The molecule has 0 aliphatic carbocycles. The van der Waals surface area contributed by atoms with E-state index in [1.807, 2.05) is 6.92 Å². The lowest BCUT2D eigenvalue weighted by molar-refractivity contribution is -0.127. The average Bonchev–Trinajstić information content (AvgIpc) is 3.00. The number of aliphatic hydroxyl groups excluding tert-OH is 1. The van der Waals surface area contributed by atoms with Gasteiger partial charge in [-0.1, -0.05) is 6.92 Å². The van der Waals surface area contributed by atoms with Crippen LogP contribution < -0.4 is 11.3 Å². The second-order valence-electron chi connectivity index (χ2n) is 6.31. The molecule has 24 heavy (non-hydrogen) atoms. The first kappa shape index (κ1) is 18.3. The lowest BCUT2D eigenvalue weighted by Gasteiger charge is -2.17. The van der Waals surface area contributed by atoms with Crippen molar-refractivity contribution >= 4 is 17.1 Å². The van der Waals surface area contributed by atoms with Crippen LogP contribution in [-0.2, 0) is 4.74 Å². The van der Waals surface area contributed by atoms with Gasteiger partial charge in [0.1, 0.15) is 6.23 Å². The summed E-state index contributed by atoms with van der Waals surface area (Å²) in [5, 5.41) is 25.3. The molecule has 1 fully saturated rings. The van der Waals surface area contributed by atoms with Gasteiger partial charge in [0.05, 0.1) is 19.0 Å². The number of aromatic amines is 1. The summed E-state index contributed by atoms with van der Waals surface area (Å²) >= 11 is 0. The standard InChI is InChI=1S/C11H15N5O3.C3H8O2/c1-5-2-6(3-17)19-10(5)16-4-13-7-8(16)14-11(12)15-9(7)18;1-3(2,4)5/h4-6,10,17H,2-3H2,1H3,(H3,12,14,15,18);4-5H,1-2H3. The van der Waals surface area contributed by atoms with E-state index < -0.39 is 5.79 Å². The first-order valence-corrected chi connectivity index (χ1v) is 7.53. The average molecular weight is 341 g/mol. The van der Waals surface area contributed by atoms with Crippen LogP contribution in [0.5, 0.6) is 0 Å². The highest BCUT2D eigenvalue weighted by Crippen LogP contribution is 2.34. The van der Waals surface area contributed by atoms with Crippen molar-refractivity contribution in [2.45, 2.75) is 45.3 Å². The van der Waals surface area contributed by atoms with E-state index in [4.69, 9.17) is 25.8 Å². The molecule has 2 aromatic rings. The fraction of sp³-hybridized carbons (Fsp3) is 0.643. The minimum atomic E-state index is -1.50. The number of nitrogens with zero attached hydrogens (tertiary/aromatic N) is 3. The van der Waals surface area contributed by atoms with Gasteiger partial charge in [-0.25, -0.2) is 4.98 Å². The molecule has 0 bridgehead atoms. The molecular weight excluding hydrogens is 318 g/mol. The SMILES string of the molecule is CC(C)(O)O.CC1CC(CO)OC1n1cnc2c(=O)[nH]c(N)nc21. The largest absolute Gasteiger partial charge is 0.394 e. The summed E-state index contributed by atoms with van der Waals surface area (Å²) in [6.45, 7) is 4.59. The zero-order valence-corrected chi connectivity index (χ0v) is 13.8. The van der Waals surface area contributed by atoms with Gasteiger partial charge in [-0.2, -0.15) is 4.98 Å². The second kappa shape index (κ2) is 6.85. The Hall–Kier alpha value is -2.01. The number of rotatable bonds is 2. The number of nitrogen functional groups attached to an aromatic ring is 1. The lowest BCUT2D eigenvalue weighted by atomic mass is 10.1. The maximum Gasteiger partial charge on any atom is 0.280 e. The third-order valence-corrected chi connectivity index (χ3v) is 3.38. The van der Waals surface area contributed by atoms with E-state index >= 15 is 0 Å². The summed E-state index contributed by atoms with van der Waals surface area (Å²) in [5.74, 6) is -1.26. The monoisotopic (exact) mass is 341 g/mol. The summed E-state index contributed by atoms with van der Waals surface area (Å²) in [6.07, 6.45) is 1.78. The highest BCUT2D eigenvalue weighted by Gasteiger charge is 2.34. The van der Waals surface area contributed by atoms with Crippen molar-refractivity contribution in [2.24, 2.45) is 5.92 Å². The van der Waals surface area contributed by atoms with E-state index in [0.717, 1.165) is 6.42 Å². The molecule has 0 spiro atoms. The zero-order chi connectivity index (χ0) is 18.1. The predicted molar refractivity (Wildman–Crippen MR) is 85.9 cm³/mol. The molecule has 2 aromatic heterocycles. The predicted octanol–water partition coefficient (Wildman–Crippen LogP) is -0.675. The Labute approximate surface area is 137 Å². The highest BCUT2D eigenvalue weighted by molar-refractivity contribution is 5.70. The lowest BCUT2D eigenvalue weighted by Crippen LogP contribution is -2.17. The van der Waals surface area contributed by atoms with Gasteiger partial charge in [0.15, 0.2) is 17.0 Å². The number of H-pyrrole nitrogens is 1. The zero-order valence-electron chi connectivity index (χ0n) is 13.8. The summed E-state index contributed by atoms with van der Waals surface area (Å²) in [4.78, 5) is 22.3. The number of imidazole rings is 1. The number of nitrogens with two attached hydrogens (primary N) is 1. The van der Waals surface area contributed by atoms with Crippen molar-refractivity contribution in [1.29, 1.82) is 0 Å². The number of nitrogens with one attached hydrogen (secondary N) is 1. The van der Waals surface area contributed by atoms with Gasteiger partial charge >= 0.3 is 0 Å². The van der Waals surface area contributed by atoms with Gasteiger partial charge in [0, 0.05) is 5.92 Å². The van der Waals surface area contributed by atoms with E-state index in [2.05, 4.69) is 15.0 Å². The van der Waals surface area contributed by atoms with Crippen LogP contribution in [-0.4, -0.2) is 53.3 Å². The Morgan fingerprint density at radius 1 is 1.50 bits per heavy atom. The topological polar surface area (TPSA) is 160 Å². The van der Waals surface area contributed by atoms with E-state index in [-0.39, 0.29) is 41.9 Å². The number of hydrogen-bond donors (Lipinski definition) is 5. The number of aliphatic hydroxyl groups is 3. The third-order valence-electron chi connectivity index (χ3n) is 3.38. The van der Waals surface area contributed by atoms with Crippen molar-refractivity contribution < 1.29 is 20.1 Å². The summed E-state index contributed by atoms with van der Waals surface area (Å²) < 4.78 is 7.43. The van der Waals surface area contributed by atoms with Crippen molar-refractivity contribution in [2.75, 3.05) is 12.3 Å². The van der Waals surface area contributed by atoms with E-state index in [1.54, 1.807) is 4.57 Å². The molecule has 3 heterocycles. The first-order valence-electron chi connectivity index (χ1n) is 7.53. The molecule has 0 radical (unpaired) electrons. The molecule has 0 amide bonds. The summed E-state index contributed by atoms with van der Waals surface area (Å²) in [7, 11) is 0. The van der Waals surface area contributed by atoms with Crippen LogP contribution >= 0.6 is 0 Å². The number of aromatic nitrogens is 4. The molecule has 10 heteroatoms. The van der Waals surface area contributed by atoms with Gasteiger partial charge in [0.2, 0.25) is 5.95 Å². The number of fused-ring (bicyclic) bond motifs is 1. The Kier molecular flexibility index (Phi) is 5.23. The Balaban J connectivity index is 0.000000368. The molecule has 3 unspecified atom stereocenters. The van der Waals surface area contributed by atoms with Gasteiger partial charge in [0.25, 0.3) is 5.56 Å². The fourth-order valence-corrected chi connectivity index (χ4v) is 2.50. The van der Waals surface area contributed by atoms with Crippen LogP contribution in [0.1, 0.15) is 33.4 Å². The van der Waals surface area contributed by atoms with E-state index in [1.165, 1.54) is 20.2 Å². The van der Waals surface area contributed by atoms with Crippen molar-refractivity contribution in [1.82, 2.24) is 19.5 Å². The van der Waals surface area contributed by atoms with Crippen LogP contribution in [0.25, 0.3) is 11.2 Å². The molecule has 1 aliphatic rings. The smallest absolute Gasteiger partial charge is 0.280 e. The van der Waals surface area contributed by atoms with E-state index in [9.17, 15) is 4.79 Å². The van der Waals surface area contributed by atoms with Crippen LogP contribution in [0.4, 0.5) is 5.95 Å². The maximum atomic E-state index is 11.7. The maximum absolute atomic E-state index is 11.7. The Bertz CT molecular complexity index is 744. The number of ether oxygens (including phenoxy) is 1. The normalized spacial score (nSPS) is 24.0. The van der Waals surface area contributed by atoms with Crippen molar-refractivity contribution in [3.63, 3.8) is 0 Å². The summed E-state index contributed by atoms with van der Waals surface area (Å²) in [6, 6.07) is 0. The van der Waals surface area contributed by atoms with Crippen LogP contribution in [0.2, 0.25) is 0 Å².